The van der Waals surface area contributed by atoms with Crippen molar-refractivity contribution in [3.8, 4) is 5.75 Å². The Morgan fingerprint density at radius 2 is 1.96 bits per heavy atom. The van der Waals surface area contributed by atoms with Crippen LogP contribution in [0.4, 0.5) is 5.69 Å². The van der Waals surface area contributed by atoms with E-state index in [0.717, 1.165) is 35.7 Å². The normalized spacial score (nSPS) is 15.0. The Hall–Kier alpha value is -1.95. The van der Waals surface area contributed by atoms with E-state index in [-0.39, 0.29) is 5.75 Å². The van der Waals surface area contributed by atoms with Gasteiger partial charge in [0.2, 0.25) is 0 Å². The molecular weight excluding hydrogens is 373 g/mol. The van der Waals surface area contributed by atoms with Crippen molar-refractivity contribution in [2.24, 2.45) is 0 Å². The molecule has 0 atom stereocenters. The second kappa shape index (κ2) is 6.99. The van der Waals surface area contributed by atoms with Crippen LogP contribution in [-0.2, 0) is 11.3 Å². The van der Waals surface area contributed by atoms with Crippen LogP contribution in [0.15, 0.2) is 30.3 Å². The third-order valence-corrected chi connectivity index (χ3v) is 5.60. The van der Waals surface area contributed by atoms with Crippen LogP contribution >= 0.6 is 23.2 Å². The number of aryl methyl sites for hydroxylation is 1. The fourth-order valence-corrected chi connectivity index (χ4v) is 3.73. The summed E-state index contributed by atoms with van der Waals surface area (Å²) in [5, 5.41) is 11.6. The van der Waals surface area contributed by atoms with Crippen LogP contribution in [0.3, 0.4) is 0 Å². The number of ether oxygens (including phenoxy) is 1. The highest BCUT2D eigenvalue weighted by atomic mass is 35.5. The van der Waals surface area contributed by atoms with E-state index in [1.54, 1.807) is 12.1 Å². The van der Waals surface area contributed by atoms with Gasteiger partial charge in [0.15, 0.2) is 0 Å². The number of halogens is 2. The molecule has 136 valence electrons. The summed E-state index contributed by atoms with van der Waals surface area (Å²) in [6.07, 6.45) is 0. The molecule has 0 unspecified atom stereocenters. The van der Waals surface area contributed by atoms with Gasteiger partial charge in [0.25, 0.3) is 0 Å². The molecule has 0 spiro atoms. The second-order valence-corrected chi connectivity index (χ2v) is 7.18. The molecule has 1 aliphatic heterocycles. The van der Waals surface area contributed by atoms with Gasteiger partial charge in [0.1, 0.15) is 17.1 Å². The van der Waals surface area contributed by atoms with Crippen LogP contribution in [0.2, 0.25) is 10.0 Å². The zero-order valence-corrected chi connectivity index (χ0v) is 15.9. The third-order valence-electron chi connectivity index (χ3n) is 4.75. The molecule has 4 rings (SSSR count). The van der Waals surface area contributed by atoms with E-state index in [0.29, 0.717) is 35.3 Å². The van der Waals surface area contributed by atoms with Gasteiger partial charge in [-0.2, -0.15) is 0 Å². The molecule has 1 aromatic heterocycles. The van der Waals surface area contributed by atoms with E-state index in [2.05, 4.69) is 20.5 Å². The molecule has 1 fully saturated rings. The zero-order chi connectivity index (χ0) is 18.3. The van der Waals surface area contributed by atoms with E-state index < -0.39 is 0 Å². The molecule has 0 saturated carbocycles. The highest BCUT2D eigenvalue weighted by Crippen LogP contribution is 2.33. The predicted molar refractivity (Wildman–Crippen MR) is 105 cm³/mol. The maximum absolute atomic E-state index is 10.5. The maximum atomic E-state index is 10.5. The molecule has 1 aliphatic rings. The van der Waals surface area contributed by atoms with Crippen molar-refractivity contribution in [1.29, 1.82) is 0 Å². The minimum absolute atomic E-state index is 0.183. The standard InChI is InChI=1S/C19H19Cl2N3O2/c1-12-22-19-16(24(12)11-13-3-2-4-15(20)18(13)21)9-14(10-17(19)25)23-5-7-26-8-6-23/h2-4,9-10,25H,5-8,11H2,1H3. The smallest absolute Gasteiger partial charge is 0.145 e. The number of benzene rings is 2. The summed E-state index contributed by atoms with van der Waals surface area (Å²) in [6, 6.07) is 9.45. The Kier molecular flexibility index (Phi) is 4.69. The number of imidazole rings is 1. The van der Waals surface area contributed by atoms with Gasteiger partial charge in [0.05, 0.1) is 35.3 Å². The molecule has 3 aromatic rings. The first kappa shape index (κ1) is 17.5. The van der Waals surface area contributed by atoms with Crippen LogP contribution in [0.25, 0.3) is 11.0 Å². The Bertz CT molecular complexity index is 965. The van der Waals surface area contributed by atoms with Crippen LogP contribution < -0.4 is 4.90 Å². The third kappa shape index (κ3) is 3.11. The summed E-state index contributed by atoms with van der Waals surface area (Å²) in [5.74, 6) is 0.994. The van der Waals surface area contributed by atoms with Crippen molar-refractivity contribution < 1.29 is 9.84 Å². The quantitative estimate of drug-likeness (QED) is 0.725. The van der Waals surface area contributed by atoms with Gasteiger partial charge in [-0.1, -0.05) is 35.3 Å². The van der Waals surface area contributed by atoms with Gasteiger partial charge >= 0.3 is 0 Å². The minimum Gasteiger partial charge on any atom is -0.506 e. The molecule has 7 heteroatoms. The fourth-order valence-electron chi connectivity index (χ4n) is 3.35. The molecule has 0 radical (unpaired) electrons. The summed E-state index contributed by atoms with van der Waals surface area (Å²) in [7, 11) is 0. The molecule has 0 amide bonds. The van der Waals surface area contributed by atoms with Crippen molar-refractivity contribution in [3.63, 3.8) is 0 Å². The second-order valence-electron chi connectivity index (χ2n) is 6.39. The number of rotatable bonds is 3. The molecule has 0 aliphatic carbocycles. The number of fused-ring (bicyclic) bond motifs is 1. The summed E-state index contributed by atoms with van der Waals surface area (Å²) in [4.78, 5) is 6.75. The van der Waals surface area contributed by atoms with Crippen molar-refractivity contribution in [2.75, 3.05) is 31.2 Å². The van der Waals surface area contributed by atoms with Crippen molar-refractivity contribution in [1.82, 2.24) is 9.55 Å². The van der Waals surface area contributed by atoms with Gasteiger partial charge in [-0.05, 0) is 24.6 Å². The highest BCUT2D eigenvalue weighted by molar-refractivity contribution is 6.42. The first-order chi connectivity index (χ1) is 12.5. The highest BCUT2D eigenvalue weighted by Gasteiger charge is 2.18. The topological polar surface area (TPSA) is 50.5 Å². The number of morpholine rings is 1. The van der Waals surface area contributed by atoms with Crippen LogP contribution in [0.1, 0.15) is 11.4 Å². The minimum atomic E-state index is 0.183. The Morgan fingerprint density at radius 1 is 1.19 bits per heavy atom. The molecule has 1 saturated heterocycles. The SMILES string of the molecule is Cc1nc2c(O)cc(N3CCOCC3)cc2n1Cc1cccc(Cl)c1Cl. The fraction of sp³-hybridized carbons (Fsp3) is 0.316. The number of hydrogen-bond acceptors (Lipinski definition) is 4. The first-order valence-electron chi connectivity index (χ1n) is 8.50. The summed E-state index contributed by atoms with van der Waals surface area (Å²) >= 11 is 12.5. The number of anilines is 1. The lowest BCUT2D eigenvalue weighted by atomic mass is 10.2. The maximum Gasteiger partial charge on any atom is 0.145 e. The van der Waals surface area contributed by atoms with Gasteiger partial charge in [-0.25, -0.2) is 4.98 Å². The van der Waals surface area contributed by atoms with E-state index >= 15 is 0 Å². The lowest BCUT2D eigenvalue weighted by Gasteiger charge is -2.29. The number of aromatic hydroxyl groups is 1. The molecule has 1 N–H and O–H groups in total. The zero-order valence-electron chi connectivity index (χ0n) is 14.4. The van der Waals surface area contributed by atoms with Gasteiger partial charge in [-0.15, -0.1) is 0 Å². The van der Waals surface area contributed by atoms with Crippen molar-refractivity contribution >= 4 is 39.9 Å². The number of aromatic nitrogens is 2. The molecule has 2 aromatic carbocycles. The summed E-state index contributed by atoms with van der Waals surface area (Å²) in [6.45, 7) is 5.45. The Morgan fingerprint density at radius 3 is 2.73 bits per heavy atom. The van der Waals surface area contributed by atoms with E-state index in [1.165, 1.54) is 0 Å². The predicted octanol–water partition coefficient (Wildman–Crippen LogP) is 4.24. The summed E-state index contributed by atoms with van der Waals surface area (Å²) in [5.41, 5.74) is 3.35. The Balaban J connectivity index is 1.80. The molecule has 0 bridgehead atoms. The lowest BCUT2D eigenvalue weighted by molar-refractivity contribution is 0.122. The number of phenolic OH excluding ortho intramolecular Hbond substituents is 1. The average Bonchev–Trinajstić information content (AvgIpc) is 2.96. The molecular formula is C19H19Cl2N3O2. The molecule has 2 heterocycles. The average molecular weight is 392 g/mol. The first-order valence-corrected chi connectivity index (χ1v) is 9.25. The van der Waals surface area contributed by atoms with Crippen LogP contribution in [0.5, 0.6) is 5.75 Å². The molecule has 5 nitrogen and oxygen atoms in total. The largest absolute Gasteiger partial charge is 0.506 e. The van der Waals surface area contributed by atoms with E-state index in [4.69, 9.17) is 27.9 Å². The number of hydrogen-bond donors (Lipinski definition) is 1. The van der Waals surface area contributed by atoms with Crippen LogP contribution in [-0.4, -0.2) is 41.0 Å². The van der Waals surface area contributed by atoms with Gasteiger partial charge < -0.3 is 19.3 Å². The van der Waals surface area contributed by atoms with E-state index in [1.807, 2.05) is 19.1 Å². The van der Waals surface area contributed by atoms with Gasteiger partial charge in [0, 0.05) is 24.8 Å². The number of phenols is 1. The van der Waals surface area contributed by atoms with Crippen LogP contribution in [0, 0.1) is 6.92 Å². The van der Waals surface area contributed by atoms with Crippen molar-refractivity contribution in [3.05, 3.63) is 51.8 Å². The number of nitrogens with zero attached hydrogens (tertiary/aromatic N) is 3. The van der Waals surface area contributed by atoms with Crippen molar-refractivity contribution in [2.45, 2.75) is 13.5 Å². The van der Waals surface area contributed by atoms with Gasteiger partial charge in [-0.3, -0.25) is 0 Å². The van der Waals surface area contributed by atoms with E-state index in [9.17, 15) is 5.11 Å². The summed E-state index contributed by atoms with van der Waals surface area (Å²) < 4.78 is 7.47. The Labute approximate surface area is 161 Å². The molecule has 26 heavy (non-hydrogen) atoms. The monoisotopic (exact) mass is 391 g/mol. The lowest BCUT2D eigenvalue weighted by Crippen LogP contribution is -2.36.